The predicted molar refractivity (Wildman–Crippen MR) is 171 cm³/mol. The number of hydrogen-bond donors (Lipinski definition) is 4. The Morgan fingerprint density at radius 2 is 1.70 bits per heavy atom. The molecule has 3 amide bonds. The van der Waals surface area contributed by atoms with Gasteiger partial charge >= 0.3 is 24.1 Å². The summed E-state index contributed by atoms with van der Waals surface area (Å²) >= 11 is 0. The smallest absolute Gasteiger partial charge is 0.467 e. The number of aryl methyl sites for hydroxylation is 2. The van der Waals surface area contributed by atoms with Crippen LogP contribution in [0.15, 0.2) is 36.4 Å². The fourth-order valence-corrected chi connectivity index (χ4v) is 4.30. The first-order valence-electron chi connectivity index (χ1n) is 14.8. The van der Waals surface area contributed by atoms with E-state index >= 15 is 0 Å². The van der Waals surface area contributed by atoms with Crippen LogP contribution in [0.2, 0.25) is 0 Å². The molecule has 0 spiro atoms. The van der Waals surface area contributed by atoms with Gasteiger partial charge in [-0.25, -0.2) is 9.59 Å². The number of alkyl halides is 3. The van der Waals surface area contributed by atoms with E-state index in [1.165, 1.54) is 4.90 Å². The Balaban J connectivity index is 2.11. The number of carbonyl (C=O) groups excluding carboxylic acids is 4. The summed E-state index contributed by atoms with van der Waals surface area (Å²) in [5.74, 6) is 1.81. The van der Waals surface area contributed by atoms with E-state index in [-0.39, 0.29) is 19.0 Å². The molecule has 0 heterocycles. The number of nitrogens with zero attached hydrogens (tertiary/aromatic N) is 1. The van der Waals surface area contributed by atoms with Crippen molar-refractivity contribution in [1.82, 2.24) is 10.6 Å². The van der Waals surface area contributed by atoms with Gasteiger partial charge in [0.15, 0.2) is 0 Å². The van der Waals surface area contributed by atoms with E-state index < -0.39 is 48.6 Å². The first-order chi connectivity index (χ1) is 22.1. The summed E-state index contributed by atoms with van der Waals surface area (Å²) < 4.78 is 48.0. The Hall–Kier alpha value is -5.06. The minimum atomic E-state index is -5.24. The van der Waals surface area contributed by atoms with Crippen molar-refractivity contribution < 1.29 is 41.8 Å². The van der Waals surface area contributed by atoms with Gasteiger partial charge in [0.2, 0.25) is 5.91 Å². The van der Waals surface area contributed by atoms with Gasteiger partial charge in [0.05, 0.1) is 26.7 Å². The fourth-order valence-electron chi connectivity index (χ4n) is 4.30. The zero-order valence-corrected chi connectivity index (χ0v) is 27.2. The number of anilines is 2. The number of halogens is 3. The van der Waals surface area contributed by atoms with Crippen LogP contribution in [0.4, 0.5) is 29.3 Å². The Morgan fingerprint density at radius 3 is 2.28 bits per heavy atom. The second-order valence-corrected chi connectivity index (χ2v) is 10.8. The summed E-state index contributed by atoms with van der Waals surface area (Å²) in [5, 5.41) is 15.1. The molecule has 0 aliphatic rings. The molecule has 2 rings (SSSR count). The van der Waals surface area contributed by atoms with Gasteiger partial charge in [-0.3, -0.25) is 20.3 Å². The lowest BCUT2D eigenvalue weighted by atomic mass is 10.0. The highest BCUT2D eigenvalue weighted by Gasteiger charge is 2.42. The van der Waals surface area contributed by atoms with Gasteiger partial charge in [0.25, 0.3) is 0 Å². The van der Waals surface area contributed by atoms with Crippen LogP contribution in [0, 0.1) is 31.1 Å². The Morgan fingerprint density at radius 1 is 1.04 bits per heavy atom. The van der Waals surface area contributed by atoms with Gasteiger partial charge < -0.3 is 25.0 Å². The Bertz CT molecular complexity index is 1510. The molecule has 0 aliphatic heterocycles. The number of unbranched alkanes of at least 4 members (excludes halogenated alkanes) is 1. The van der Waals surface area contributed by atoms with Crippen molar-refractivity contribution in [3.63, 3.8) is 0 Å². The first-order valence-corrected chi connectivity index (χ1v) is 14.8. The van der Waals surface area contributed by atoms with Gasteiger partial charge in [-0.05, 0) is 81.6 Å². The van der Waals surface area contributed by atoms with E-state index in [1.54, 1.807) is 69.4 Å². The molecule has 0 saturated heterocycles. The molecule has 47 heavy (non-hydrogen) atoms. The van der Waals surface area contributed by atoms with E-state index in [0.29, 0.717) is 22.4 Å². The average molecular weight is 660 g/mol. The summed E-state index contributed by atoms with van der Waals surface area (Å²) in [6.45, 7) is 9.52. The minimum Gasteiger partial charge on any atom is -0.467 e. The van der Waals surface area contributed by atoms with E-state index in [1.807, 2.05) is 6.92 Å². The third kappa shape index (κ3) is 11.7. The lowest BCUT2D eigenvalue weighted by molar-refractivity contribution is -0.175. The van der Waals surface area contributed by atoms with Crippen molar-refractivity contribution in [2.45, 2.75) is 72.1 Å². The molecule has 0 aliphatic carbocycles. The van der Waals surface area contributed by atoms with Crippen LogP contribution in [-0.2, 0) is 23.9 Å². The van der Waals surface area contributed by atoms with E-state index in [4.69, 9.17) is 10.1 Å². The number of methoxy groups -OCH3 is 1. The molecule has 11 nitrogen and oxygen atoms in total. The van der Waals surface area contributed by atoms with Gasteiger partial charge in [0.1, 0.15) is 11.9 Å². The molecule has 2 aromatic rings. The number of esters is 1. The van der Waals surface area contributed by atoms with Crippen LogP contribution >= 0.6 is 0 Å². The van der Waals surface area contributed by atoms with Crippen LogP contribution in [0.25, 0.3) is 0 Å². The normalized spacial score (nSPS) is 11.4. The number of benzene rings is 2. The summed E-state index contributed by atoms with van der Waals surface area (Å²) in [5.41, 5.74) is 3.80. The lowest BCUT2D eigenvalue weighted by Crippen LogP contribution is -2.50. The Kier molecular flexibility index (Phi) is 14.3. The zero-order valence-electron chi connectivity index (χ0n) is 27.2. The second kappa shape index (κ2) is 17.6. The van der Waals surface area contributed by atoms with Crippen molar-refractivity contribution >= 4 is 41.1 Å². The predicted octanol–water partition coefficient (Wildman–Crippen LogP) is 4.97. The molecule has 0 bridgehead atoms. The second-order valence-electron chi connectivity index (χ2n) is 10.8. The third-order valence-electron chi connectivity index (χ3n) is 6.75. The maximum Gasteiger partial charge on any atom is 0.471 e. The number of nitrogens with one attached hydrogen (secondary N) is 4. The number of ether oxygens (including phenoxy) is 2. The maximum atomic E-state index is 13.3. The Labute approximate surface area is 272 Å². The van der Waals surface area contributed by atoms with Crippen LogP contribution in [0.1, 0.15) is 62.3 Å². The van der Waals surface area contributed by atoms with Crippen LogP contribution in [0.3, 0.4) is 0 Å². The quantitative estimate of drug-likeness (QED) is 0.0827. The van der Waals surface area contributed by atoms with E-state index in [0.717, 1.165) is 31.2 Å². The van der Waals surface area contributed by atoms with Crippen LogP contribution in [0.5, 0.6) is 0 Å². The molecule has 0 aromatic heterocycles. The fraction of sp³-hybridized carbons (Fsp3) is 0.424. The number of hydrogen-bond acceptors (Lipinski definition) is 8. The number of amidine groups is 1. The van der Waals surface area contributed by atoms with E-state index in [2.05, 4.69) is 27.2 Å². The molecule has 0 fully saturated rings. The van der Waals surface area contributed by atoms with E-state index in [9.17, 15) is 32.3 Å². The van der Waals surface area contributed by atoms with Gasteiger partial charge in [-0.15, -0.1) is 0 Å². The van der Waals surface area contributed by atoms with Gasteiger partial charge in [-0.2, -0.15) is 13.2 Å². The monoisotopic (exact) mass is 659 g/mol. The number of alkyl carbamates (subject to hydrolysis) is 1. The highest BCUT2D eigenvalue weighted by molar-refractivity contribution is 6.04. The number of rotatable bonds is 12. The molecular weight excluding hydrogens is 619 g/mol. The molecule has 14 heteroatoms. The lowest BCUT2D eigenvalue weighted by Gasteiger charge is -2.30. The molecule has 1 unspecified atom stereocenters. The number of carbonyl (C=O) groups is 4. The topological polar surface area (TPSA) is 150 Å². The molecule has 0 radical (unpaired) electrons. The SMILES string of the molecule is CCCCOC(=O)NC(=N)c1ccc(NCC#Cc2cc(C)c(N(C(=O)CC(NC(=O)C(F)(F)F)C(=O)OC)C(C)C)cc2C)cc1. The highest BCUT2D eigenvalue weighted by Crippen LogP contribution is 2.27. The molecular formula is C33H40F3N5O6. The van der Waals surface area contributed by atoms with Crippen molar-refractivity contribution in [2.24, 2.45) is 0 Å². The summed E-state index contributed by atoms with van der Waals surface area (Å²) in [7, 11) is 0.945. The van der Waals surface area contributed by atoms with Crippen molar-refractivity contribution in [3.05, 3.63) is 58.7 Å². The zero-order chi connectivity index (χ0) is 35.3. The van der Waals surface area contributed by atoms with Crippen molar-refractivity contribution in [3.8, 4) is 11.8 Å². The standard InChI is InChI=1S/C33H40F3N5O6/c1-7-8-16-47-32(45)40-29(37)23-11-13-25(14-12-23)38-15-9-10-24-17-22(5)27(18-21(24)4)41(20(2)3)28(42)19-26(30(43)46-6)39-31(44)33(34,35)36/h11-14,17-18,20,26,38H,7-8,15-16,19H2,1-6H3,(H,39,44)(H2,37,40,45). The third-order valence-corrected chi connectivity index (χ3v) is 6.75. The first kappa shape index (κ1) is 38.1. The van der Waals surface area contributed by atoms with Gasteiger partial charge in [-0.1, -0.05) is 25.2 Å². The van der Waals surface area contributed by atoms with Crippen LogP contribution in [-0.4, -0.2) is 68.2 Å². The summed E-state index contributed by atoms with van der Waals surface area (Å²) in [4.78, 5) is 50.0. The van der Waals surface area contributed by atoms with Crippen LogP contribution < -0.4 is 20.9 Å². The number of amides is 3. The summed E-state index contributed by atoms with van der Waals surface area (Å²) in [6, 6.07) is 8.08. The molecule has 4 N–H and O–H groups in total. The molecule has 0 saturated carbocycles. The molecule has 254 valence electrons. The molecule has 2 aromatic carbocycles. The maximum absolute atomic E-state index is 13.3. The highest BCUT2D eigenvalue weighted by atomic mass is 19.4. The minimum absolute atomic E-state index is 0.0821. The summed E-state index contributed by atoms with van der Waals surface area (Å²) in [6.07, 6.45) is -5.03. The molecule has 1 atom stereocenters. The average Bonchev–Trinajstić information content (AvgIpc) is 3.00. The van der Waals surface area contributed by atoms with Crippen molar-refractivity contribution in [1.29, 1.82) is 5.41 Å². The van der Waals surface area contributed by atoms with Crippen molar-refractivity contribution in [2.75, 3.05) is 30.5 Å². The largest absolute Gasteiger partial charge is 0.471 e. The van der Waals surface area contributed by atoms with Gasteiger partial charge in [0, 0.05) is 28.5 Å².